The van der Waals surface area contributed by atoms with Crippen LogP contribution in [0.4, 0.5) is 21.8 Å². The normalized spacial score (nSPS) is 20.3. The van der Waals surface area contributed by atoms with Gasteiger partial charge in [-0.05, 0) is 49.7 Å². The van der Waals surface area contributed by atoms with E-state index in [0.717, 1.165) is 43.9 Å². The van der Waals surface area contributed by atoms with Crippen LogP contribution in [0.1, 0.15) is 38.3 Å². The number of piperazine rings is 1. The van der Waals surface area contributed by atoms with Crippen LogP contribution in [-0.4, -0.2) is 53.1 Å². The summed E-state index contributed by atoms with van der Waals surface area (Å²) in [6, 6.07) is 10.0. The molecule has 0 amide bonds. The molecule has 2 aromatic heterocycles. The SMILES string of the molecule is CCC1(C)C(C)=Cc2ccc(-c3nc(Nc4ccc(N5CCN(C)CC5)cn4)ncc3F)cc21. The largest absolute Gasteiger partial charge is 0.368 e. The van der Waals surface area contributed by atoms with E-state index in [4.69, 9.17) is 0 Å². The van der Waals surface area contributed by atoms with Crippen LogP contribution in [0.15, 0.2) is 48.3 Å². The maximum absolute atomic E-state index is 14.8. The van der Waals surface area contributed by atoms with E-state index >= 15 is 0 Å². The molecule has 1 N–H and O–H groups in total. The molecule has 34 heavy (non-hydrogen) atoms. The van der Waals surface area contributed by atoms with Crippen molar-refractivity contribution in [3.63, 3.8) is 0 Å². The number of benzene rings is 1. The highest BCUT2D eigenvalue weighted by Gasteiger charge is 2.33. The van der Waals surface area contributed by atoms with Crippen LogP contribution in [0.5, 0.6) is 0 Å². The Morgan fingerprint density at radius 2 is 1.85 bits per heavy atom. The monoisotopic (exact) mass is 458 g/mol. The van der Waals surface area contributed by atoms with E-state index < -0.39 is 5.82 Å². The summed E-state index contributed by atoms with van der Waals surface area (Å²) in [5.74, 6) is 0.511. The van der Waals surface area contributed by atoms with Gasteiger partial charge in [-0.25, -0.2) is 19.3 Å². The molecule has 0 radical (unpaired) electrons. The Hall–Kier alpha value is -3.32. The maximum atomic E-state index is 14.8. The van der Waals surface area contributed by atoms with Crippen molar-refractivity contribution >= 4 is 23.5 Å². The molecule has 6 nitrogen and oxygen atoms in total. The summed E-state index contributed by atoms with van der Waals surface area (Å²) in [7, 11) is 2.14. The van der Waals surface area contributed by atoms with Gasteiger partial charge in [-0.15, -0.1) is 0 Å². The molecule has 1 unspecified atom stereocenters. The zero-order valence-electron chi connectivity index (χ0n) is 20.3. The molecule has 7 heteroatoms. The third-order valence-electron chi connectivity index (χ3n) is 7.47. The molecular weight excluding hydrogens is 427 g/mol. The minimum Gasteiger partial charge on any atom is -0.368 e. The summed E-state index contributed by atoms with van der Waals surface area (Å²) in [5, 5.41) is 3.13. The predicted octanol–water partition coefficient (Wildman–Crippen LogP) is 5.26. The van der Waals surface area contributed by atoms with Crippen LogP contribution in [-0.2, 0) is 5.41 Å². The average molecular weight is 459 g/mol. The highest BCUT2D eigenvalue weighted by atomic mass is 19.1. The van der Waals surface area contributed by atoms with Crippen molar-refractivity contribution in [3.8, 4) is 11.3 Å². The number of anilines is 3. The van der Waals surface area contributed by atoms with Crippen LogP contribution in [0.25, 0.3) is 17.3 Å². The first kappa shape index (κ1) is 22.5. The van der Waals surface area contributed by atoms with Crippen molar-refractivity contribution in [1.29, 1.82) is 0 Å². The Morgan fingerprint density at radius 1 is 1.06 bits per heavy atom. The van der Waals surface area contributed by atoms with Crippen LogP contribution in [0.3, 0.4) is 0 Å². The molecule has 0 bridgehead atoms. The number of nitrogens with one attached hydrogen (secondary N) is 1. The standard InChI is InChI=1S/C27H31FN6/c1-5-27(3)18(2)14-19-6-7-20(15-22(19)27)25-23(28)17-30-26(32-25)31-24-9-8-21(16-29-24)34-12-10-33(4)11-13-34/h6-9,14-17H,5,10-13H2,1-4H3,(H,29,30,31,32). The van der Waals surface area contributed by atoms with Crippen molar-refractivity contribution in [3.05, 3.63) is 65.2 Å². The first-order valence-electron chi connectivity index (χ1n) is 11.9. The number of aromatic nitrogens is 3. The Bertz CT molecular complexity index is 1230. The van der Waals surface area contributed by atoms with Gasteiger partial charge in [0.1, 0.15) is 11.5 Å². The van der Waals surface area contributed by atoms with Crippen LogP contribution >= 0.6 is 0 Å². The van der Waals surface area contributed by atoms with Crippen molar-refractivity contribution < 1.29 is 4.39 Å². The number of likely N-dealkylation sites (N-methyl/N-ethyl adjacent to an activating group) is 1. The summed E-state index contributed by atoms with van der Waals surface area (Å²) < 4.78 is 14.8. The summed E-state index contributed by atoms with van der Waals surface area (Å²) in [4.78, 5) is 17.8. The molecule has 3 aromatic rings. The third kappa shape index (κ3) is 4.05. The summed E-state index contributed by atoms with van der Waals surface area (Å²) in [6.45, 7) is 10.7. The van der Waals surface area contributed by atoms with Crippen molar-refractivity contribution in [1.82, 2.24) is 19.9 Å². The number of fused-ring (bicyclic) bond motifs is 1. The van der Waals surface area contributed by atoms with Crippen molar-refractivity contribution in [2.24, 2.45) is 0 Å². The van der Waals surface area contributed by atoms with Gasteiger partial charge in [-0.3, -0.25) is 0 Å². The third-order valence-corrected chi connectivity index (χ3v) is 7.47. The zero-order valence-corrected chi connectivity index (χ0v) is 20.3. The number of allylic oxidation sites excluding steroid dienone is 1. The van der Waals surface area contributed by atoms with E-state index in [0.29, 0.717) is 11.8 Å². The lowest BCUT2D eigenvalue weighted by Crippen LogP contribution is -2.44. The maximum Gasteiger partial charge on any atom is 0.229 e. The van der Waals surface area contributed by atoms with E-state index in [1.54, 1.807) is 0 Å². The Kier molecular flexibility index (Phi) is 5.81. The van der Waals surface area contributed by atoms with E-state index in [-0.39, 0.29) is 11.1 Å². The minimum absolute atomic E-state index is 0.0363. The van der Waals surface area contributed by atoms with E-state index in [1.807, 2.05) is 24.4 Å². The van der Waals surface area contributed by atoms with Gasteiger partial charge in [0.15, 0.2) is 5.82 Å². The van der Waals surface area contributed by atoms with Gasteiger partial charge in [-0.2, -0.15) is 0 Å². The molecule has 1 atom stereocenters. The molecule has 3 heterocycles. The van der Waals surface area contributed by atoms with Gasteiger partial charge >= 0.3 is 0 Å². The lowest BCUT2D eigenvalue weighted by Gasteiger charge is -2.33. The number of halogens is 1. The first-order valence-corrected chi connectivity index (χ1v) is 11.9. The number of hydrogen-bond donors (Lipinski definition) is 1. The Labute approximate surface area is 200 Å². The molecule has 2 aliphatic rings. The Balaban J connectivity index is 1.37. The second kappa shape index (κ2) is 8.80. The smallest absolute Gasteiger partial charge is 0.229 e. The van der Waals surface area contributed by atoms with Crippen LogP contribution in [0, 0.1) is 5.82 Å². The fourth-order valence-electron chi connectivity index (χ4n) is 4.84. The van der Waals surface area contributed by atoms with Gasteiger partial charge in [-0.1, -0.05) is 37.6 Å². The average Bonchev–Trinajstić information content (AvgIpc) is 3.11. The number of nitrogens with zero attached hydrogens (tertiary/aromatic N) is 5. The van der Waals surface area contributed by atoms with E-state index in [2.05, 4.69) is 76.1 Å². The summed E-state index contributed by atoms with van der Waals surface area (Å²) >= 11 is 0. The zero-order chi connectivity index (χ0) is 23.9. The van der Waals surface area contributed by atoms with Gasteiger partial charge in [0.25, 0.3) is 0 Å². The van der Waals surface area contributed by atoms with Crippen LogP contribution < -0.4 is 10.2 Å². The minimum atomic E-state index is -0.440. The fourth-order valence-corrected chi connectivity index (χ4v) is 4.84. The second-order valence-corrected chi connectivity index (χ2v) is 9.52. The molecule has 0 spiro atoms. The lowest BCUT2D eigenvalue weighted by molar-refractivity contribution is 0.313. The molecule has 176 valence electrons. The summed E-state index contributed by atoms with van der Waals surface area (Å²) in [6.07, 6.45) is 6.29. The summed E-state index contributed by atoms with van der Waals surface area (Å²) in [5.41, 5.74) is 5.85. The molecule has 1 aromatic carbocycles. The predicted molar refractivity (Wildman–Crippen MR) is 136 cm³/mol. The fraction of sp³-hybridized carbons (Fsp3) is 0.370. The number of hydrogen-bond acceptors (Lipinski definition) is 6. The van der Waals surface area contributed by atoms with Crippen molar-refractivity contribution in [2.75, 3.05) is 43.4 Å². The second-order valence-electron chi connectivity index (χ2n) is 9.52. The number of rotatable bonds is 5. The van der Waals surface area contributed by atoms with Crippen molar-refractivity contribution in [2.45, 2.75) is 32.6 Å². The highest BCUT2D eigenvalue weighted by molar-refractivity contribution is 5.74. The molecule has 1 aliphatic heterocycles. The van der Waals surface area contributed by atoms with E-state index in [9.17, 15) is 4.39 Å². The molecular formula is C27H31FN6. The molecule has 1 fully saturated rings. The van der Waals surface area contributed by atoms with Gasteiger partial charge in [0.2, 0.25) is 5.95 Å². The highest BCUT2D eigenvalue weighted by Crippen LogP contribution is 2.45. The molecule has 5 rings (SSSR count). The first-order chi connectivity index (χ1) is 16.4. The Morgan fingerprint density at radius 3 is 2.56 bits per heavy atom. The van der Waals surface area contributed by atoms with Gasteiger partial charge < -0.3 is 15.1 Å². The number of pyridine rings is 1. The van der Waals surface area contributed by atoms with Gasteiger partial charge in [0, 0.05) is 37.2 Å². The van der Waals surface area contributed by atoms with Gasteiger partial charge in [0.05, 0.1) is 18.1 Å². The topological polar surface area (TPSA) is 57.2 Å². The molecule has 0 saturated carbocycles. The van der Waals surface area contributed by atoms with Crippen LogP contribution in [0.2, 0.25) is 0 Å². The quantitative estimate of drug-likeness (QED) is 0.563. The molecule has 1 saturated heterocycles. The van der Waals surface area contributed by atoms with E-state index in [1.165, 1.54) is 22.9 Å². The molecule has 1 aliphatic carbocycles. The lowest BCUT2D eigenvalue weighted by atomic mass is 9.77.